The molecule has 2 rings (SSSR count). The summed E-state index contributed by atoms with van der Waals surface area (Å²) < 4.78 is 15.6. The van der Waals surface area contributed by atoms with E-state index < -0.39 is 17.6 Å². The zero-order chi connectivity index (χ0) is 18.8. The van der Waals surface area contributed by atoms with Crippen LogP contribution in [0.5, 0.6) is 11.5 Å². The zero-order valence-electron chi connectivity index (χ0n) is 15.1. The normalized spacial score (nSPS) is 14.0. The van der Waals surface area contributed by atoms with Crippen molar-refractivity contribution in [2.45, 2.75) is 45.8 Å². The van der Waals surface area contributed by atoms with Crippen LogP contribution in [0.2, 0.25) is 0 Å². The first-order chi connectivity index (χ1) is 11.6. The molecule has 1 aliphatic rings. The fraction of sp³-hybridized carbons (Fsp3) is 0.500. The van der Waals surface area contributed by atoms with Gasteiger partial charge in [0.15, 0.2) is 17.3 Å². The first-order valence-electron chi connectivity index (χ1n) is 8.00. The molecule has 0 radical (unpaired) electrons. The van der Waals surface area contributed by atoms with Crippen LogP contribution >= 0.6 is 0 Å². The van der Waals surface area contributed by atoms with Gasteiger partial charge in [0.05, 0.1) is 12.5 Å². The molecule has 0 fully saturated rings. The number of esters is 1. The number of nitrogens with zero attached hydrogens (tertiary/aromatic N) is 1. The molecule has 25 heavy (non-hydrogen) atoms. The number of benzene rings is 1. The average Bonchev–Trinajstić information content (AvgIpc) is 2.98. The number of amides is 1. The van der Waals surface area contributed by atoms with Crippen molar-refractivity contribution >= 4 is 17.7 Å². The molecule has 0 aromatic heterocycles. The predicted octanol–water partition coefficient (Wildman–Crippen LogP) is 2.18. The van der Waals surface area contributed by atoms with Crippen molar-refractivity contribution in [3.05, 3.63) is 23.8 Å². The Morgan fingerprint density at radius 2 is 1.88 bits per heavy atom. The molecule has 0 bridgehead atoms. The molecule has 1 aromatic carbocycles. The van der Waals surface area contributed by atoms with Gasteiger partial charge in [-0.2, -0.15) is 0 Å². The first kappa shape index (κ1) is 18.8. The number of likely N-dealkylation sites (N-methyl/N-ethyl adjacent to an activating group) is 1. The highest BCUT2D eigenvalue weighted by Gasteiger charge is 2.31. The smallest absolute Gasteiger partial charge is 0.303 e. The standard InChI is InChI=1S/C18H23NO6/c1-11(19(5)16(21)9-18(3,4)25-12(2)20)17(22)13-6-7-14-15(8-13)24-10-23-14/h6-8,11H,9-10H2,1-5H3. The van der Waals surface area contributed by atoms with Crippen LogP contribution in [0, 0.1) is 0 Å². The highest BCUT2D eigenvalue weighted by Crippen LogP contribution is 2.33. The fourth-order valence-corrected chi connectivity index (χ4v) is 2.60. The van der Waals surface area contributed by atoms with Crippen molar-refractivity contribution < 1.29 is 28.6 Å². The third-order valence-electron chi connectivity index (χ3n) is 4.01. The third-order valence-corrected chi connectivity index (χ3v) is 4.01. The van der Waals surface area contributed by atoms with Crippen LogP contribution < -0.4 is 9.47 Å². The monoisotopic (exact) mass is 349 g/mol. The Bertz CT molecular complexity index is 697. The van der Waals surface area contributed by atoms with E-state index in [2.05, 4.69) is 0 Å². The van der Waals surface area contributed by atoms with Crippen LogP contribution in [0.1, 0.15) is 44.5 Å². The quantitative estimate of drug-likeness (QED) is 0.578. The number of ether oxygens (including phenoxy) is 3. The van der Waals surface area contributed by atoms with Gasteiger partial charge in [-0.15, -0.1) is 0 Å². The summed E-state index contributed by atoms with van der Waals surface area (Å²) in [5.41, 5.74) is -0.491. The molecule has 1 unspecified atom stereocenters. The molecule has 1 amide bonds. The van der Waals surface area contributed by atoms with Gasteiger partial charge in [0.1, 0.15) is 5.60 Å². The van der Waals surface area contributed by atoms with Crippen LogP contribution in [-0.4, -0.2) is 48.0 Å². The van der Waals surface area contributed by atoms with E-state index in [1.807, 2.05) is 0 Å². The molecule has 1 aromatic rings. The van der Waals surface area contributed by atoms with E-state index in [4.69, 9.17) is 14.2 Å². The molecule has 1 heterocycles. The van der Waals surface area contributed by atoms with E-state index in [-0.39, 0.29) is 24.9 Å². The van der Waals surface area contributed by atoms with Gasteiger partial charge in [-0.3, -0.25) is 14.4 Å². The van der Waals surface area contributed by atoms with Crippen molar-refractivity contribution in [2.24, 2.45) is 0 Å². The minimum absolute atomic E-state index is 0.0121. The second-order valence-corrected chi connectivity index (χ2v) is 6.64. The Hall–Kier alpha value is -2.57. The Morgan fingerprint density at radius 3 is 2.52 bits per heavy atom. The minimum Gasteiger partial charge on any atom is -0.459 e. The van der Waals surface area contributed by atoms with E-state index >= 15 is 0 Å². The topological polar surface area (TPSA) is 82.1 Å². The summed E-state index contributed by atoms with van der Waals surface area (Å²) >= 11 is 0. The van der Waals surface area contributed by atoms with Crippen LogP contribution in [0.15, 0.2) is 18.2 Å². The van der Waals surface area contributed by atoms with Gasteiger partial charge in [-0.25, -0.2) is 0 Å². The predicted molar refractivity (Wildman–Crippen MR) is 89.6 cm³/mol. The Morgan fingerprint density at radius 1 is 1.24 bits per heavy atom. The lowest BCUT2D eigenvalue weighted by molar-refractivity contribution is -0.157. The lowest BCUT2D eigenvalue weighted by Gasteiger charge is -2.29. The largest absolute Gasteiger partial charge is 0.459 e. The highest BCUT2D eigenvalue weighted by atomic mass is 16.7. The van der Waals surface area contributed by atoms with Crippen molar-refractivity contribution in [3.8, 4) is 11.5 Å². The second-order valence-electron chi connectivity index (χ2n) is 6.64. The maximum Gasteiger partial charge on any atom is 0.303 e. The van der Waals surface area contributed by atoms with Gasteiger partial charge in [0.25, 0.3) is 0 Å². The van der Waals surface area contributed by atoms with Gasteiger partial charge >= 0.3 is 5.97 Å². The molecule has 7 nitrogen and oxygen atoms in total. The van der Waals surface area contributed by atoms with E-state index in [1.54, 1.807) is 46.0 Å². The van der Waals surface area contributed by atoms with Crippen molar-refractivity contribution in [2.75, 3.05) is 13.8 Å². The number of fused-ring (bicyclic) bond motifs is 1. The van der Waals surface area contributed by atoms with Crippen molar-refractivity contribution in [1.29, 1.82) is 0 Å². The number of hydrogen-bond acceptors (Lipinski definition) is 6. The molecule has 0 spiro atoms. The maximum absolute atomic E-state index is 12.7. The lowest BCUT2D eigenvalue weighted by atomic mass is 10.0. The number of hydrogen-bond donors (Lipinski definition) is 0. The summed E-state index contributed by atoms with van der Waals surface area (Å²) in [6, 6.07) is 4.27. The summed E-state index contributed by atoms with van der Waals surface area (Å²) in [6.45, 7) is 6.40. The maximum atomic E-state index is 12.7. The first-order valence-corrected chi connectivity index (χ1v) is 8.00. The molecule has 0 saturated carbocycles. The molecule has 1 atom stereocenters. The van der Waals surface area contributed by atoms with Crippen LogP contribution in [-0.2, 0) is 14.3 Å². The summed E-state index contributed by atoms with van der Waals surface area (Å²) in [6.07, 6.45) is -0.0121. The molecular formula is C18H23NO6. The Balaban J connectivity index is 2.05. The summed E-state index contributed by atoms with van der Waals surface area (Å²) in [5.74, 6) is 0.164. The van der Waals surface area contributed by atoms with E-state index in [1.165, 1.54) is 11.8 Å². The molecular weight excluding hydrogens is 326 g/mol. The van der Waals surface area contributed by atoms with Gasteiger partial charge in [0.2, 0.25) is 12.7 Å². The highest BCUT2D eigenvalue weighted by molar-refractivity contribution is 6.02. The molecule has 1 aliphatic heterocycles. The second kappa shape index (κ2) is 7.13. The molecule has 136 valence electrons. The zero-order valence-corrected chi connectivity index (χ0v) is 15.1. The Labute approximate surface area is 146 Å². The van der Waals surface area contributed by atoms with Gasteiger partial charge in [0, 0.05) is 19.5 Å². The van der Waals surface area contributed by atoms with Gasteiger partial charge < -0.3 is 19.1 Å². The molecule has 7 heteroatoms. The Kier molecular flexibility index (Phi) is 5.35. The van der Waals surface area contributed by atoms with Crippen LogP contribution in [0.25, 0.3) is 0 Å². The summed E-state index contributed by atoms with van der Waals surface area (Å²) in [7, 11) is 1.56. The summed E-state index contributed by atoms with van der Waals surface area (Å²) in [4.78, 5) is 37.6. The van der Waals surface area contributed by atoms with Gasteiger partial charge in [-0.05, 0) is 39.0 Å². The third kappa shape index (κ3) is 4.49. The average molecular weight is 349 g/mol. The van der Waals surface area contributed by atoms with Crippen molar-refractivity contribution in [3.63, 3.8) is 0 Å². The molecule has 0 saturated heterocycles. The summed E-state index contributed by atoms with van der Waals surface area (Å²) in [5, 5.41) is 0. The minimum atomic E-state index is -0.932. The lowest BCUT2D eigenvalue weighted by Crippen LogP contribution is -2.43. The number of rotatable bonds is 6. The molecule has 0 aliphatic carbocycles. The van der Waals surface area contributed by atoms with Gasteiger partial charge in [-0.1, -0.05) is 0 Å². The SMILES string of the molecule is CC(=O)OC(C)(C)CC(=O)N(C)C(C)C(=O)c1ccc2c(c1)OCO2. The van der Waals surface area contributed by atoms with Crippen LogP contribution in [0.4, 0.5) is 0 Å². The van der Waals surface area contributed by atoms with E-state index in [0.29, 0.717) is 17.1 Å². The number of Topliss-reactive ketones (excluding diaryl/α,β-unsaturated/α-hetero) is 1. The van der Waals surface area contributed by atoms with E-state index in [0.717, 1.165) is 0 Å². The number of carbonyl (C=O) groups excluding carboxylic acids is 3. The fourth-order valence-electron chi connectivity index (χ4n) is 2.60. The van der Waals surface area contributed by atoms with E-state index in [9.17, 15) is 14.4 Å². The van der Waals surface area contributed by atoms with Crippen LogP contribution in [0.3, 0.4) is 0 Å². The number of carbonyl (C=O) groups is 3. The number of ketones is 1. The molecule has 0 N–H and O–H groups in total. The van der Waals surface area contributed by atoms with Crippen molar-refractivity contribution in [1.82, 2.24) is 4.90 Å².